The van der Waals surface area contributed by atoms with Gasteiger partial charge in [-0.2, -0.15) is 11.8 Å². The first-order valence-electron chi connectivity index (χ1n) is 10.1. The van der Waals surface area contributed by atoms with Gasteiger partial charge in [0.1, 0.15) is 12.1 Å². The Hall–Kier alpha value is -1.32. The number of carbonyl (C=O) groups excluding carboxylic acids is 3. The molecule has 0 spiro atoms. The first kappa shape index (κ1) is 27.7. The van der Waals surface area contributed by atoms with Gasteiger partial charge in [0.15, 0.2) is 0 Å². The average Bonchev–Trinajstić information content (AvgIpc) is 2.60. The summed E-state index contributed by atoms with van der Waals surface area (Å²) in [7, 11) is 7.15. The Balaban J connectivity index is 5.35. The van der Waals surface area contributed by atoms with Crippen LogP contribution in [0.1, 0.15) is 46.5 Å². The molecule has 0 unspecified atom stereocenters. The van der Waals surface area contributed by atoms with Crippen molar-refractivity contribution in [2.24, 2.45) is 5.73 Å². The molecule has 0 rings (SSSR count). The van der Waals surface area contributed by atoms with Gasteiger partial charge in [-0.15, -0.1) is 0 Å². The van der Waals surface area contributed by atoms with Crippen LogP contribution < -0.4 is 5.73 Å². The quantitative estimate of drug-likeness (QED) is 0.393. The molecule has 0 radical (unpaired) electrons. The van der Waals surface area contributed by atoms with Crippen LogP contribution in [0.3, 0.4) is 0 Å². The lowest BCUT2D eigenvalue weighted by Crippen LogP contribution is -2.56. The molecule has 0 aromatic rings. The fourth-order valence-corrected chi connectivity index (χ4v) is 3.97. The first-order chi connectivity index (χ1) is 13.3. The van der Waals surface area contributed by atoms with Gasteiger partial charge in [-0.05, 0) is 53.1 Å². The van der Waals surface area contributed by atoms with Crippen molar-refractivity contribution in [1.29, 1.82) is 0 Å². The van der Waals surface area contributed by atoms with Crippen LogP contribution in [0, 0.1) is 0 Å². The summed E-state index contributed by atoms with van der Waals surface area (Å²) in [6, 6.07) is -1.63. The van der Waals surface area contributed by atoms with Crippen LogP contribution in [0.25, 0.3) is 0 Å². The van der Waals surface area contributed by atoms with E-state index in [4.69, 9.17) is 5.73 Å². The minimum Gasteiger partial charge on any atom is -0.390 e. The summed E-state index contributed by atoms with van der Waals surface area (Å²) < 4.78 is 0. The first-order valence-corrected chi connectivity index (χ1v) is 11.2. The van der Waals surface area contributed by atoms with E-state index in [0.29, 0.717) is 18.6 Å². The molecule has 0 fully saturated rings. The van der Waals surface area contributed by atoms with E-state index in [1.165, 1.54) is 16.8 Å². The lowest BCUT2D eigenvalue weighted by molar-refractivity contribution is -0.147. The molecule has 3 N–H and O–H groups in total. The van der Waals surface area contributed by atoms with Gasteiger partial charge in [0, 0.05) is 32.7 Å². The zero-order valence-corrected chi connectivity index (χ0v) is 19.9. The second-order valence-electron chi connectivity index (χ2n) is 8.39. The molecular weight excluding hydrogens is 392 g/mol. The molecule has 0 aliphatic rings. The van der Waals surface area contributed by atoms with Gasteiger partial charge in [-0.3, -0.25) is 14.4 Å². The largest absolute Gasteiger partial charge is 0.390 e. The van der Waals surface area contributed by atoms with Crippen LogP contribution in [0.2, 0.25) is 0 Å². The van der Waals surface area contributed by atoms with Crippen molar-refractivity contribution in [3.63, 3.8) is 0 Å². The molecule has 170 valence electrons. The highest BCUT2D eigenvalue weighted by Gasteiger charge is 2.36. The number of aliphatic hydroxyl groups is 1. The number of nitrogens with two attached hydrogens (primary N) is 1. The van der Waals surface area contributed by atoms with E-state index in [0.717, 1.165) is 18.7 Å². The lowest BCUT2D eigenvalue weighted by atomic mass is 9.97. The van der Waals surface area contributed by atoms with E-state index in [9.17, 15) is 19.5 Å². The Kier molecular flexibility index (Phi) is 12.5. The molecule has 0 heterocycles. The number of likely N-dealkylation sites (N-methyl/N-ethyl adjacent to an activating group) is 2. The molecule has 8 nitrogen and oxygen atoms in total. The summed E-state index contributed by atoms with van der Waals surface area (Å²) in [5.41, 5.74) is 4.34. The SMILES string of the molecule is CCCC(=O)N(C)[C@H](CSCCCN(C)C)C(=O)N(C)[C@@H](CC(C)(C)O)C(N)=O. The average molecular weight is 433 g/mol. The zero-order valence-electron chi connectivity index (χ0n) is 19.1. The van der Waals surface area contributed by atoms with Crippen molar-refractivity contribution in [3.05, 3.63) is 0 Å². The van der Waals surface area contributed by atoms with E-state index in [-0.39, 0.29) is 18.2 Å². The summed E-state index contributed by atoms with van der Waals surface area (Å²) >= 11 is 1.61. The number of hydrogen-bond donors (Lipinski definition) is 2. The molecule has 0 aliphatic carbocycles. The van der Waals surface area contributed by atoms with Crippen molar-refractivity contribution < 1.29 is 19.5 Å². The smallest absolute Gasteiger partial charge is 0.246 e. The van der Waals surface area contributed by atoms with E-state index in [1.54, 1.807) is 32.7 Å². The third-order valence-electron chi connectivity index (χ3n) is 4.62. The number of primary amides is 1. The monoisotopic (exact) mass is 432 g/mol. The third kappa shape index (κ3) is 10.9. The molecule has 3 amide bonds. The van der Waals surface area contributed by atoms with Crippen LogP contribution in [0.15, 0.2) is 0 Å². The van der Waals surface area contributed by atoms with Crippen molar-refractivity contribution in [2.75, 3.05) is 46.2 Å². The Labute approximate surface area is 180 Å². The fraction of sp³-hybridized carbons (Fsp3) is 0.850. The number of rotatable bonds is 14. The van der Waals surface area contributed by atoms with Crippen molar-refractivity contribution in [3.8, 4) is 0 Å². The van der Waals surface area contributed by atoms with E-state index in [1.807, 2.05) is 21.0 Å². The highest BCUT2D eigenvalue weighted by Crippen LogP contribution is 2.19. The van der Waals surface area contributed by atoms with Crippen LogP contribution in [0.5, 0.6) is 0 Å². The summed E-state index contributed by atoms with van der Waals surface area (Å²) in [6.45, 7) is 6.00. The van der Waals surface area contributed by atoms with Crippen molar-refractivity contribution >= 4 is 29.5 Å². The Morgan fingerprint density at radius 1 is 1.07 bits per heavy atom. The summed E-state index contributed by atoms with van der Waals surface area (Å²) in [4.78, 5) is 42.4. The Morgan fingerprint density at radius 2 is 1.66 bits per heavy atom. The molecule has 0 bridgehead atoms. The van der Waals surface area contributed by atoms with Crippen LogP contribution >= 0.6 is 11.8 Å². The van der Waals surface area contributed by atoms with Gasteiger partial charge in [-0.25, -0.2) is 0 Å². The van der Waals surface area contributed by atoms with Gasteiger partial charge in [-0.1, -0.05) is 6.92 Å². The molecule has 2 atom stereocenters. The second-order valence-corrected chi connectivity index (χ2v) is 9.54. The van der Waals surface area contributed by atoms with Gasteiger partial charge in [0.05, 0.1) is 5.60 Å². The third-order valence-corrected chi connectivity index (χ3v) is 5.74. The maximum atomic E-state index is 13.2. The number of nitrogens with zero attached hydrogens (tertiary/aromatic N) is 3. The topological polar surface area (TPSA) is 107 Å². The standard InChI is InChI=1S/C20H40N4O4S/c1-8-10-17(25)23(6)16(14-29-12-9-11-22(4)5)19(27)24(7)15(18(21)26)13-20(2,3)28/h15-16,28H,8-14H2,1-7H3,(H2,21,26)/t15-,16+/m0/s1. The molecule has 0 saturated heterocycles. The minimum atomic E-state index is -1.16. The predicted octanol–water partition coefficient (Wildman–Crippen LogP) is 0.772. The van der Waals surface area contributed by atoms with Crippen LogP contribution in [-0.4, -0.2) is 101 Å². The number of carbonyl (C=O) groups is 3. The van der Waals surface area contributed by atoms with E-state index >= 15 is 0 Å². The highest BCUT2D eigenvalue weighted by atomic mass is 32.2. The molecule has 0 aromatic carbocycles. The maximum absolute atomic E-state index is 13.2. The molecule has 0 saturated carbocycles. The Morgan fingerprint density at radius 3 is 2.10 bits per heavy atom. The van der Waals surface area contributed by atoms with E-state index in [2.05, 4.69) is 4.90 Å². The van der Waals surface area contributed by atoms with Crippen molar-refractivity contribution in [1.82, 2.24) is 14.7 Å². The number of thioether (sulfide) groups is 1. The number of amides is 3. The summed E-state index contributed by atoms with van der Waals surface area (Å²) in [6.07, 6.45) is 2.06. The molecule has 9 heteroatoms. The number of hydrogen-bond acceptors (Lipinski definition) is 6. The Bertz CT molecular complexity index is 537. The minimum absolute atomic E-state index is 0.0277. The normalized spacial score (nSPS) is 13.8. The van der Waals surface area contributed by atoms with Gasteiger partial charge < -0.3 is 25.5 Å². The van der Waals surface area contributed by atoms with Crippen LogP contribution in [0.4, 0.5) is 0 Å². The zero-order chi connectivity index (χ0) is 22.8. The highest BCUT2D eigenvalue weighted by molar-refractivity contribution is 7.99. The molecule has 0 aliphatic heterocycles. The fourth-order valence-electron chi connectivity index (χ4n) is 2.88. The molecule has 0 aromatic heterocycles. The maximum Gasteiger partial charge on any atom is 0.246 e. The van der Waals surface area contributed by atoms with Gasteiger partial charge >= 0.3 is 0 Å². The molecule has 29 heavy (non-hydrogen) atoms. The summed E-state index contributed by atoms with van der Waals surface area (Å²) in [5, 5.41) is 10.1. The van der Waals surface area contributed by atoms with Crippen LogP contribution in [-0.2, 0) is 14.4 Å². The van der Waals surface area contributed by atoms with Gasteiger partial charge in [0.2, 0.25) is 17.7 Å². The van der Waals surface area contributed by atoms with Crippen molar-refractivity contribution in [2.45, 2.75) is 64.1 Å². The second kappa shape index (κ2) is 13.1. The lowest BCUT2D eigenvalue weighted by Gasteiger charge is -2.35. The molecular formula is C20H40N4O4S. The predicted molar refractivity (Wildman–Crippen MR) is 119 cm³/mol. The van der Waals surface area contributed by atoms with Gasteiger partial charge in [0.25, 0.3) is 0 Å². The summed E-state index contributed by atoms with van der Waals surface area (Å²) in [5.74, 6) is 0.181. The van der Waals surface area contributed by atoms with E-state index < -0.39 is 23.6 Å².